The highest BCUT2D eigenvalue weighted by Gasteiger charge is 2.22. The predicted molar refractivity (Wildman–Crippen MR) is 60.5 cm³/mol. The molecule has 1 aliphatic rings. The van der Waals surface area contributed by atoms with Gasteiger partial charge in [0.05, 0.1) is 0 Å². The van der Waals surface area contributed by atoms with Gasteiger partial charge in [0.25, 0.3) is 0 Å². The molecule has 1 aromatic rings. The number of carbonyl (C=O) groups excluding carboxylic acids is 2. The monoisotopic (exact) mass is 220 g/mol. The molecule has 86 valence electrons. The normalized spacial score (nSPS) is 19.9. The second-order valence-corrected chi connectivity index (χ2v) is 4.36. The molecule has 0 saturated carbocycles. The summed E-state index contributed by atoms with van der Waals surface area (Å²) < 4.78 is 2.10. The van der Waals surface area contributed by atoms with Gasteiger partial charge < -0.3 is 9.88 Å². The van der Waals surface area contributed by atoms with E-state index < -0.39 is 0 Å². The van der Waals surface area contributed by atoms with Crippen molar-refractivity contribution in [2.45, 2.75) is 39.3 Å². The highest BCUT2D eigenvalue weighted by atomic mass is 16.2. The summed E-state index contributed by atoms with van der Waals surface area (Å²) in [5.74, 6) is 0.128. The molecule has 16 heavy (non-hydrogen) atoms. The fraction of sp³-hybridized carbons (Fsp3) is 0.500. The fourth-order valence-corrected chi connectivity index (χ4v) is 2.26. The minimum Gasteiger partial charge on any atom is -0.352 e. The van der Waals surface area contributed by atoms with Crippen molar-refractivity contribution in [2.24, 2.45) is 0 Å². The summed E-state index contributed by atoms with van der Waals surface area (Å²) >= 11 is 0. The molecule has 1 saturated heterocycles. The molecular weight excluding hydrogens is 204 g/mol. The Morgan fingerprint density at radius 1 is 1.56 bits per heavy atom. The number of aryl methyl sites for hydroxylation is 1. The number of rotatable bonds is 3. The minimum absolute atomic E-state index is 0.128. The van der Waals surface area contributed by atoms with Crippen LogP contribution in [0.4, 0.5) is 0 Å². The number of aldehydes is 1. The average Bonchev–Trinajstić information content (AvgIpc) is 2.77. The van der Waals surface area contributed by atoms with Crippen LogP contribution >= 0.6 is 0 Å². The molecule has 1 unspecified atom stereocenters. The van der Waals surface area contributed by atoms with E-state index in [0.29, 0.717) is 6.42 Å². The van der Waals surface area contributed by atoms with Gasteiger partial charge >= 0.3 is 0 Å². The lowest BCUT2D eigenvalue weighted by atomic mass is 10.2. The largest absolute Gasteiger partial charge is 0.352 e. The molecule has 2 heterocycles. The molecule has 2 rings (SSSR count). The van der Waals surface area contributed by atoms with E-state index in [-0.39, 0.29) is 11.9 Å². The molecule has 1 amide bonds. The fourth-order valence-electron chi connectivity index (χ4n) is 2.26. The standard InChI is InChI=1S/C12H16N2O2/c1-8-5-10(7-15)9(2)14(8)6-11-3-4-12(16)13-11/h5,7,11H,3-4,6H2,1-2H3,(H,13,16). The number of nitrogens with zero attached hydrogens (tertiary/aromatic N) is 1. The SMILES string of the molecule is Cc1cc(C=O)c(C)n1CC1CCC(=O)N1. The summed E-state index contributed by atoms with van der Waals surface area (Å²) in [6.07, 6.45) is 2.38. The van der Waals surface area contributed by atoms with Gasteiger partial charge in [0, 0.05) is 36.0 Å². The summed E-state index contributed by atoms with van der Waals surface area (Å²) in [6.45, 7) is 4.68. The molecule has 1 aliphatic heterocycles. The first-order valence-electron chi connectivity index (χ1n) is 5.53. The van der Waals surface area contributed by atoms with Crippen molar-refractivity contribution in [3.63, 3.8) is 0 Å². The lowest BCUT2D eigenvalue weighted by Gasteiger charge is -2.15. The molecular formula is C12H16N2O2. The molecule has 0 radical (unpaired) electrons. The summed E-state index contributed by atoms with van der Waals surface area (Å²) in [5.41, 5.74) is 2.79. The Morgan fingerprint density at radius 2 is 2.31 bits per heavy atom. The molecule has 4 nitrogen and oxygen atoms in total. The van der Waals surface area contributed by atoms with Gasteiger partial charge in [-0.1, -0.05) is 0 Å². The zero-order chi connectivity index (χ0) is 11.7. The highest BCUT2D eigenvalue weighted by Crippen LogP contribution is 2.16. The van der Waals surface area contributed by atoms with E-state index in [2.05, 4.69) is 9.88 Å². The quantitative estimate of drug-likeness (QED) is 0.778. The Kier molecular flexibility index (Phi) is 2.81. The van der Waals surface area contributed by atoms with E-state index >= 15 is 0 Å². The van der Waals surface area contributed by atoms with Gasteiger partial charge in [0.1, 0.15) is 0 Å². The van der Waals surface area contributed by atoms with E-state index in [1.807, 2.05) is 19.9 Å². The van der Waals surface area contributed by atoms with Crippen LogP contribution in [-0.4, -0.2) is 22.8 Å². The zero-order valence-corrected chi connectivity index (χ0v) is 9.62. The van der Waals surface area contributed by atoms with Crippen molar-refractivity contribution in [2.75, 3.05) is 0 Å². The molecule has 1 N–H and O–H groups in total. The van der Waals surface area contributed by atoms with Gasteiger partial charge in [0.2, 0.25) is 5.91 Å². The van der Waals surface area contributed by atoms with Crippen LogP contribution in [0.2, 0.25) is 0 Å². The van der Waals surface area contributed by atoms with E-state index in [0.717, 1.165) is 36.2 Å². The van der Waals surface area contributed by atoms with E-state index in [4.69, 9.17) is 0 Å². The Labute approximate surface area is 94.6 Å². The van der Waals surface area contributed by atoms with Crippen molar-refractivity contribution in [1.82, 2.24) is 9.88 Å². The number of hydrogen-bond acceptors (Lipinski definition) is 2. The number of nitrogens with one attached hydrogen (secondary N) is 1. The Hall–Kier alpha value is -1.58. The second-order valence-electron chi connectivity index (χ2n) is 4.36. The van der Waals surface area contributed by atoms with Crippen LogP contribution in [0.3, 0.4) is 0 Å². The number of carbonyl (C=O) groups is 2. The van der Waals surface area contributed by atoms with Crippen LogP contribution < -0.4 is 5.32 Å². The second kappa shape index (κ2) is 4.12. The van der Waals surface area contributed by atoms with Gasteiger partial charge in [-0.3, -0.25) is 9.59 Å². The highest BCUT2D eigenvalue weighted by molar-refractivity contribution is 5.78. The van der Waals surface area contributed by atoms with Crippen molar-refractivity contribution in [3.8, 4) is 0 Å². The maximum absolute atomic E-state index is 11.1. The molecule has 0 aliphatic carbocycles. The minimum atomic E-state index is 0.128. The first kappa shape index (κ1) is 10.9. The van der Waals surface area contributed by atoms with Crippen LogP contribution in [-0.2, 0) is 11.3 Å². The molecule has 1 atom stereocenters. The molecule has 0 aromatic carbocycles. The zero-order valence-electron chi connectivity index (χ0n) is 9.62. The Balaban J connectivity index is 2.18. The third-order valence-corrected chi connectivity index (χ3v) is 3.23. The molecule has 0 bridgehead atoms. The molecule has 0 spiro atoms. The first-order valence-corrected chi connectivity index (χ1v) is 5.53. The molecule has 1 aromatic heterocycles. The Bertz CT molecular complexity index is 434. The summed E-state index contributed by atoms with van der Waals surface area (Å²) in [6, 6.07) is 2.09. The molecule has 4 heteroatoms. The number of hydrogen-bond donors (Lipinski definition) is 1. The maximum atomic E-state index is 11.1. The smallest absolute Gasteiger partial charge is 0.220 e. The average molecular weight is 220 g/mol. The third-order valence-electron chi connectivity index (χ3n) is 3.23. The van der Waals surface area contributed by atoms with Crippen LogP contribution in [0, 0.1) is 13.8 Å². The maximum Gasteiger partial charge on any atom is 0.220 e. The van der Waals surface area contributed by atoms with Crippen molar-refractivity contribution >= 4 is 12.2 Å². The van der Waals surface area contributed by atoms with Crippen molar-refractivity contribution < 1.29 is 9.59 Å². The van der Waals surface area contributed by atoms with Gasteiger partial charge in [-0.05, 0) is 26.3 Å². The summed E-state index contributed by atoms with van der Waals surface area (Å²) in [5, 5.41) is 2.94. The van der Waals surface area contributed by atoms with E-state index in [9.17, 15) is 9.59 Å². The van der Waals surface area contributed by atoms with Crippen molar-refractivity contribution in [3.05, 3.63) is 23.0 Å². The Morgan fingerprint density at radius 3 is 2.81 bits per heavy atom. The van der Waals surface area contributed by atoms with Crippen LogP contribution in [0.5, 0.6) is 0 Å². The third kappa shape index (κ3) is 1.87. The van der Waals surface area contributed by atoms with Crippen LogP contribution in [0.25, 0.3) is 0 Å². The lowest BCUT2D eigenvalue weighted by Crippen LogP contribution is -2.30. The summed E-state index contributed by atoms with van der Waals surface area (Å²) in [7, 11) is 0. The van der Waals surface area contributed by atoms with Gasteiger partial charge in [-0.15, -0.1) is 0 Å². The number of aromatic nitrogens is 1. The van der Waals surface area contributed by atoms with Crippen LogP contribution in [0.15, 0.2) is 6.07 Å². The lowest BCUT2D eigenvalue weighted by molar-refractivity contribution is -0.119. The number of amides is 1. The van der Waals surface area contributed by atoms with Gasteiger partial charge in [0.15, 0.2) is 6.29 Å². The topological polar surface area (TPSA) is 51.1 Å². The van der Waals surface area contributed by atoms with Crippen LogP contribution in [0.1, 0.15) is 34.6 Å². The van der Waals surface area contributed by atoms with E-state index in [1.165, 1.54) is 0 Å². The molecule has 1 fully saturated rings. The first-order chi connectivity index (χ1) is 7.61. The van der Waals surface area contributed by atoms with Gasteiger partial charge in [-0.25, -0.2) is 0 Å². The predicted octanol–water partition coefficient (Wildman–Crippen LogP) is 1.20. The van der Waals surface area contributed by atoms with Gasteiger partial charge in [-0.2, -0.15) is 0 Å². The summed E-state index contributed by atoms with van der Waals surface area (Å²) in [4.78, 5) is 21.9. The van der Waals surface area contributed by atoms with Crippen molar-refractivity contribution in [1.29, 1.82) is 0 Å². The van der Waals surface area contributed by atoms with E-state index in [1.54, 1.807) is 0 Å².